The van der Waals surface area contributed by atoms with Gasteiger partial charge in [-0.15, -0.1) is 11.8 Å². The molecule has 1 N–H and O–H groups in total. The largest absolute Gasteiger partial charge is 0.507 e. The molecule has 0 radical (unpaired) electrons. The Balaban J connectivity index is 1.76. The van der Waals surface area contributed by atoms with Crippen molar-refractivity contribution in [3.05, 3.63) is 103 Å². The Hall–Kier alpha value is -3.62. The summed E-state index contributed by atoms with van der Waals surface area (Å²) in [6, 6.07) is 18.3. The van der Waals surface area contributed by atoms with Crippen LogP contribution in [-0.2, 0) is 9.53 Å². The third-order valence-electron chi connectivity index (χ3n) is 6.17. The molecule has 0 saturated carbocycles. The Morgan fingerprint density at radius 1 is 1.17 bits per heavy atom. The number of nitrogens with zero attached hydrogens (tertiary/aromatic N) is 2. The number of carbonyl (C=O) groups excluding carboxylic acids is 1. The van der Waals surface area contributed by atoms with Crippen LogP contribution in [0, 0.1) is 0 Å². The Kier molecular flexibility index (Phi) is 6.55. The van der Waals surface area contributed by atoms with Gasteiger partial charge in [-0.25, -0.2) is 9.79 Å². The number of ether oxygens (including phenoxy) is 1. The quantitative estimate of drug-likeness (QED) is 0.315. The molecule has 1 atom stereocenters. The summed E-state index contributed by atoms with van der Waals surface area (Å²) < 4.78 is 7.34. The van der Waals surface area contributed by atoms with E-state index in [4.69, 9.17) is 4.74 Å². The number of aromatic hydroxyl groups is 1. The molecule has 0 saturated heterocycles. The number of carbonyl (C=O) groups is 1. The van der Waals surface area contributed by atoms with Crippen LogP contribution in [0.15, 0.2) is 86.6 Å². The molecule has 8 heteroatoms. The third kappa shape index (κ3) is 4.16. The first-order valence-electron chi connectivity index (χ1n) is 11.5. The summed E-state index contributed by atoms with van der Waals surface area (Å²) in [4.78, 5) is 33.1. The Labute approximate surface area is 215 Å². The number of rotatable bonds is 5. The van der Waals surface area contributed by atoms with Crippen molar-refractivity contribution in [3.8, 4) is 5.75 Å². The minimum atomic E-state index is -0.667. The molecular weight excluding hydrogens is 492 g/mol. The minimum Gasteiger partial charge on any atom is -0.507 e. The lowest BCUT2D eigenvalue weighted by Crippen LogP contribution is -2.39. The van der Waals surface area contributed by atoms with Gasteiger partial charge in [-0.2, -0.15) is 0 Å². The van der Waals surface area contributed by atoms with E-state index in [1.807, 2.05) is 60.9 Å². The number of phenolic OH excluding ortho intramolecular Hbond substituents is 1. The third-order valence-corrected chi connectivity index (χ3v) is 7.90. The van der Waals surface area contributed by atoms with Crippen LogP contribution < -0.4 is 14.9 Å². The summed E-state index contributed by atoms with van der Waals surface area (Å²) in [5.74, 6) is -0.397. The van der Waals surface area contributed by atoms with Gasteiger partial charge in [-0.1, -0.05) is 53.8 Å². The van der Waals surface area contributed by atoms with Crippen LogP contribution >= 0.6 is 23.1 Å². The molecule has 0 bridgehead atoms. The second-order valence-corrected chi connectivity index (χ2v) is 10.2. The van der Waals surface area contributed by atoms with E-state index in [1.54, 1.807) is 42.3 Å². The van der Waals surface area contributed by atoms with E-state index in [2.05, 4.69) is 4.99 Å². The number of esters is 1. The van der Waals surface area contributed by atoms with E-state index >= 15 is 0 Å². The number of hydrogen-bond acceptors (Lipinski definition) is 7. The highest BCUT2D eigenvalue weighted by molar-refractivity contribution is 7.98. The van der Waals surface area contributed by atoms with Crippen LogP contribution in [0.3, 0.4) is 0 Å². The molecule has 1 aromatic heterocycles. The highest BCUT2D eigenvalue weighted by atomic mass is 32.2. The van der Waals surface area contributed by atoms with Crippen LogP contribution in [0.2, 0.25) is 0 Å². The van der Waals surface area contributed by atoms with Gasteiger partial charge in [0.15, 0.2) is 4.80 Å². The molecule has 0 fully saturated rings. The van der Waals surface area contributed by atoms with E-state index in [9.17, 15) is 14.7 Å². The molecule has 1 aliphatic rings. The van der Waals surface area contributed by atoms with E-state index in [-0.39, 0.29) is 17.9 Å². The van der Waals surface area contributed by atoms with Gasteiger partial charge >= 0.3 is 5.97 Å². The first-order valence-corrected chi connectivity index (χ1v) is 13.5. The van der Waals surface area contributed by atoms with E-state index in [1.165, 1.54) is 11.3 Å². The SMILES string of the molecule is CCOC(=O)C1=C(C)N=c2s/c(=C\c3c(O)ccc4ccccc34)c(=O)n2[C@@H]1c1ccc(SC)cc1. The minimum absolute atomic E-state index is 0.0899. The normalized spacial score (nSPS) is 15.6. The van der Waals surface area contributed by atoms with Gasteiger partial charge in [0.2, 0.25) is 0 Å². The van der Waals surface area contributed by atoms with Crippen LogP contribution in [0.1, 0.15) is 31.0 Å². The summed E-state index contributed by atoms with van der Waals surface area (Å²) in [5, 5.41) is 12.4. The molecule has 2 heterocycles. The fraction of sp³-hybridized carbons (Fsp3) is 0.179. The molecule has 1 aliphatic heterocycles. The van der Waals surface area contributed by atoms with E-state index < -0.39 is 12.0 Å². The van der Waals surface area contributed by atoms with E-state index in [0.717, 1.165) is 21.2 Å². The summed E-state index contributed by atoms with van der Waals surface area (Å²) in [6.45, 7) is 3.74. The van der Waals surface area contributed by atoms with Crippen molar-refractivity contribution in [2.24, 2.45) is 4.99 Å². The predicted octanol–water partition coefficient (Wildman–Crippen LogP) is 4.38. The fourth-order valence-corrected chi connectivity index (χ4v) is 5.90. The number of thiazole rings is 1. The number of thioether (sulfide) groups is 1. The average molecular weight is 517 g/mol. The summed E-state index contributed by atoms with van der Waals surface area (Å²) >= 11 is 2.86. The van der Waals surface area contributed by atoms with Crippen molar-refractivity contribution in [2.45, 2.75) is 24.8 Å². The van der Waals surface area contributed by atoms with E-state index in [0.29, 0.717) is 26.2 Å². The van der Waals surface area contributed by atoms with Gasteiger partial charge in [0.05, 0.1) is 28.5 Å². The molecule has 0 amide bonds. The van der Waals surface area contributed by atoms with Crippen molar-refractivity contribution in [3.63, 3.8) is 0 Å². The maximum atomic E-state index is 13.8. The van der Waals surface area contributed by atoms with Crippen LogP contribution in [0.25, 0.3) is 16.8 Å². The van der Waals surface area contributed by atoms with Crippen molar-refractivity contribution < 1.29 is 14.6 Å². The highest BCUT2D eigenvalue weighted by Gasteiger charge is 2.33. The van der Waals surface area contributed by atoms with Crippen LogP contribution in [0.4, 0.5) is 0 Å². The summed E-state index contributed by atoms with van der Waals surface area (Å²) in [6.07, 6.45) is 3.70. The van der Waals surface area contributed by atoms with Gasteiger partial charge in [-0.05, 0) is 60.7 Å². The Morgan fingerprint density at radius 2 is 1.92 bits per heavy atom. The van der Waals surface area contributed by atoms with Crippen molar-refractivity contribution in [2.75, 3.05) is 12.9 Å². The summed E-state index contributed by atoms with van der Waals surface area (Å²) in [7, 11) is 0. The lowest BCUT2D eigenvalue weighted by atomic mass is 9.96. The number of hydrogen-bond donors (Lipinski definition) is 1. The van der Waals surface area contributed by atoms with Gasteiger partial charge in [-0.3, -0.25) is 9.36 Å². The van der Waals surface area contributed by atoms with Gasteiger partial charge in [0, 0.05) is 10.5 Å². The number of allylic oxidation sites excluding steroid dienone is 1. The number of phenols is 1. The Morgan fingerprint density at radius 3 is 2.64 bits per heavy atom. The maximum Gasteiger partial charge on any atom is 0.338 e. The zero-order valence-corrected chi connectivity index (χ0v) is 21.7. The van der Waals surface area contributed by atoms with Crippen molar-refractivity contribution in [1.29, 1.82) is 0 Å². The first-order chi connectivity index (χ1) is 17.4. The molecule has 4 aromatic rings. The lowest BCUT2D eigenvalue weighted by molar-refractivity contribution is -0.139. The molecule has 5 rings (SSSR count). The van der Waals surface area contributed by atoms with Crippen LogP contribution in [-0.4, -0.2) is 28.5 Å². The molecule has 0 aliphatic carbocycles. The van der Waals surface area contributed by atoms with Crippen LogP contribution in [0.5, 0.6) is 5.75 Å². The number of aromatic nitrogens is 1. The highest BCUT2D eigenvalue weighted by Crippen LogP contribution is 2.32. The molecule has 0 spiro atoms. The molecular formula is C28H24N2O4S2. The molecule has 182 valence electrons. The average Bonchev–Trinajstić information content (AvgIpc) is 3.19. The van der Waals surface area contributed by atoms with Gasteiger partial charge in [0.25, 0.3) is 5.56 Å². The number of fused-ring (bicyclic) bond motifs is 2. The number of benzene rings is 3. The maximum absolute atomic E-state index is 13.8. The molecule has 6 nitrogen and oxygen atoms in total. The van der Waals surface area contributed by atoms with Crippen molar-refractivity contribution >= 4 is 45.9 Å². The standard InChI is InChI=1S/C28H24N2O4S2/c1-4-34-27(33)24-16(2)29-28-30(25(24)18-9-12-19(35-3)13-10-18)26(32)23(36-28)15-21-20-8-6-5-7-17(20)11-14-22(21)31/h5-15,25,31H,4H2,1-3H3/b23-15-/t25-/m1/s1. The molecule has 3 aromatic carbocycles. The van der Waals surface area contributed by atoms with Gasteiger partial charge in [0.1, 0.15) is 5.75 Å². The Bertz CT molecular complexity index is 1700. The predicted molar refractivity (Wildman–Crippen MR) is 144 cm³/mol. The second-order valence-electron chi connectivity index (χ2n) is 8.29. The molecule has 0 unspecified atom stereocenters. The monoisotopic (exact) mass is 516 g/mol. The fourth-order valence-electron chi connectivity index (χ4n) is 4.46. The zero-order chi connectivity index (χ0) is 25.4. The smallest absolute Gasteiger partial charge is 0.338 e. The molecule has 36 heavy (non-hydrogen) atoms. The topological polar surface area (TPSA) is 80.9 Å². The lowest BCUT2D eigenvalue weighted by Gasteiger charge is -2.24. The second kappa shape index (κ2) is 9.79. The first kappa shape index (κ1) is 24.1. The zero-order valence-electron chi connectivity index (χ0n) is 20.0. The van der Waals surface area contributed by atoms with Gasteiger partial charge < -0.3 is 9.84 Å². The van der Waals surface area contributed by atoms with Crippen molar-refractivity contribution in [1.82, 2.24) is 4.57 Å². The summed E-state index contributed by atoms with van der Waals surface area (Å²) in [5.41, 5.74) is 1.96.